The van der Waals surface area contributed by atoms with Crippen LogP contribution >= 0.6 is 0 Å². The van der Waals surface area contributed by atoms with Crippen LogP contribution in [0.5, 0.6) is 0 Å². The first-order chi connectivity index (χ1) is 8.04. The van der Waals surface area contributed by atoms with Crippen LogP contribution in [0, 0.1) is 6.92 Å². The average Bonchev–Trinajstić information content (AvgIpc) is 2.73. The Labute approximate surface area is 99.5 Å². The third-order valence-corrected chi connectivity index (χ3v) is 2.55. The molecule has 0 spiro atoms. The molecule has 0 unspecified atom stereocenters. The second-order valence-corrected chi connectivity index (χ2v) is 4.45. The normalized spacial score (nSPS) is 11.5. The van der Waals surface area contributed by atoms with Crippen LogP contribution in [0.25, 0.3) is 11.5 Å². The van der Waals surface area contributed by atoms with Crippen molar-refractivity contribution < 1.29 is 4.79 Å². The summed E-state index contributed by atoms with van der Waals surface area (Å²) in [5.74, 6) is 0.574. The molecule has 2 aromatic rings. The van der Waals surface area contributed by atoms with Crippen LogP contribution in [0.3, 0.4) is 0 Å². The molecule has 0 aromatic carbocycles. The number of rotatable bonds is 3. The van der Waals surface area contributed by atoms with E-state index in [1.807, 2.05) is 27.0 Å². The van der Waals surface area contributed by atoms with Gasteiger partial charge in [0, 0.05) is 18.6 Å². The number of aldehydes is 1. The Morgan fingerprint density at radius 2 is 1.94 bits per heavy atom. The van der Waals surface area contributed by atoms with Crippen molar-refractivity contribution in [2.75, 3.05) is 0 Å². The minimum atomic E-state index is -0.655. The zero-order valence-corrected chi connectivity index (χ0v) is 10.1. The van der Waals surface area contributed by atoms with E-state index in [1.54, 1.807) is 23.1 Å². The highest BCUT2D eigenvalue weighted by molar-refractivity contribution is 5.61. The van der Waals surface area contributed by atoms with Crippen molar-refractivity contribution >= 4 is 6.29 Å². The Kier molecular flexibility index (Phi) is 2.75. The number of hydrogen-bond acceptors (Lipinski definition) is 4. The molecular formula is C12H14N4O. The van der Waals surface area contributed by atoms with Crippen LogP contribution in [0.2, 0.25) is 0 Å². The molecule has 0 radical (unpaired) electrons. The van der Waals surface area contributed by atoms with Gasteiger partial charge in [0.15, 0.2) is 5.82 Å². The van der Waals surface area contributed by atoms with E-state index in [0.29, 0.717) is 11.5 Å². The number of aromatic nitrogens is 4. The zero-order chi connectivity index (χ0) is 12.5. The van der Waals surface area contributed by atoms with Crippen molar-refractivity contribution in [3.05, 3.63) is 30.2 Å². The predicted octanol–water partition coefficient (Wildman–Crippen LogP) is 1.58. The monoisotopic (exact) mass is 230 g/mol. The van der Waals surface area contributed by atoms with Gasteiger partial charge in [0.05, 0.1) is 0 Å². The van der Waals surface area contributed by atoms with E-state index in [9.17, 15) is 4.79 Å². The van der Waals surface area contributed by atoms with Crippen molar-refractivity contribution in [3.8, 4) is 11.5 Å². The van der Waals surface area contributed by atoms with E-state index < -0.39 is 5.54 Å². The van der Waals surface area contributed by atoms with E-state index in [1.165, 1.54) is 0 Å². The maximum atomic E-state index is 11.0. The molecular weight excluding hydrogens is 216 g/mol. The van der Waals surface area contributed by atoms with E-state index in [4.69, 9.17) is 0 Å². The van der Waals surface area contributed by atoms with E-state index >= 15 is 0 Å². The van der Waals surface area contributed by atoms with Crippen LogP contribution in [-0.2, 0) is 10.3 Å². The van der Waals surface area contributed by atoms with E-state index in [-0.39, 0.29) is 0 Å². The molecule has 0 atom stereocenters. The molecule has 5 heteroatoms. The van der Waals surface area contributed by atoms with Gasteiger partial charge in [-0.05, 0) is 32.4 Å². The fourth-order valence-electron chi connectivity index (χ4n) is 1.45. The topological polar surface area (TPSA) is 60.7 Å². The molecule has 2 heterocycles. The molecule has 0 aliphatic heterocycles. The van der Waals surface area contributed by atoms with Gasteiger partial charge in [-0.3, -0.25) is 4.68 Å². The molecule has 2 rings (SSSR count). The summed E-state index contributed by atoms with van der Waals surface area (Å²) < 4.78 is 1.64. The van der Waals surface area contributed by atoms with Crippen molar-refractivity contribution in [1.82, 2.24) is 19.7 Å². The van der Waals surface area contributed by atoms with Crippen molar-refractivity contribution in [3.63, 3.8) is 0 Å². The van der Waals surface area contributed by atoms with Gasteiger partial charge in [-0.15, -0.1) is 0 Å². The Bertz CT molecular complexity index is 531. The van der Waals surface area contributed by atoms with Crippen molar-refractivity contribution in [2.24, 2.45) is 0 Å². The lowest BCUT2D eigenvalue weighted by atomic mass is 10.1. The molecule has 2 aromatic heterocycles. The molecule has 0 saturated heterocycles. The number of carbonyl (C=O) groups excluding carboxylic acids is 1. The van der Waals surface area contributed by atoms with Gasteiger partial charge in [-0.2, -0.15) is 5.10 Å². The molecule has 0 N–H and O–H groups in total. The summed E-state index contributed by atoms with van der Waals surface area (Å²) in [4.78, 5) is 19.3. The Hall–Kier alpha value is -2.04. The molecule has 5 nitrogen and oxygen atoms in total. The minimum absolute atomic E-state index is 0.574. The molecule has 0 saturated carbocycles. The van der Waals surface area contributed by atoms with E-state index in [0.717, 1.165) is 11.8 Å². The van der Waals surface area contributed by atoms with Gasteiger partial charge in [-0.25, -0.2) is 9.97 Å². The van der Waals surface area contributed by atoms with Crippen LogP contribution < -0.4 is 0 Å². The number of nitrogens with zero attached hydrogens (tertiary/aromatic N) is 4. The van der Waals surface area contributed by atoms with E-state index in [2.05, 4.69) is 15.1 Å². The fourth-order valence-corrected chi connectivity index (χ4v) is 1.45. The lowest BCUT2D eigenvalue weighted by Gasteiger charge is -2.17. The Balaban J connectivity index is 2.49. The second kappa shape index (κ2) is 4.08. The molecule has 0 fully saturated rings. The maximum absolute atomic E-state index is 11.0. The largest absolute Gasteiger partial charge is 0.301 e. The first-order valence-corrected chi connectivity index (χ1v) is 5.35. The maximum Gasteiger partial charge on any atom is 0.180 e. The van der Waals surface area contributed by atoms with Gasteiger partial charge >= 0.3 is 0 Å². The van der Waals surface area contributed by atoms with Crippen LogP contribution in [0.1, 0.15) is 19.4 Å². The first-order valence-electron chi connectivity index (χ1n) is 5.35. The van der Waals surface area contributed by atoms with Gasteiger partial charge in [0.2, 0.25) is 0 Å². The molecule has 17 heavy (non-hydrogen) atoms. The highest BCUT2D eigenvalue weighted by Crippen LogP contribution is 2.20. The summed E-state index contributed by atoms with van der Waals surface area (Å²) in [6.45, 7) is 5.54. The lowest BCUT2D eigenvalue weighted by Crippen LogP contribution is -2.28. The van der Waals surface area contributed by atoms with Crippen LogP contribution in [0.4, 0.5) is 0 Å². The standard InChI is InChI=1S/C12H14N4O/c1-9-7-16(12(2,3)8-17)15-10(9)11-13-5-4-6-14-11/h4-8H,1-3H3. The highest BCUT2D eigenvalue weighted by Gasteiger charge is 2.22. The lowest BCUT2D eigenvalue weighted by molar-refractivity contribution is -0.114. The smallest absolute Gasteiger partial charge is 0.180 e. The minimum Gasteiger partial charge on any atom is -0.301 e. The predicted molar refractivity (Wildman–Crippen MR) is 63.4 cm³/mol. The van der Waals surface area contributed by atoms with Crippen LogP contribution in [-0.4, -0.2) is 26.0 Å². The summed E-state index contributed by atoms with van der Waals surface area (Å²) in [5, 5.41) is 4.38. The summed E-state index contributed by atoms with van der Waals surface area (Å²) >= 11 is 0. The summed E-state index contributed by atoms with van der Waals surface area (Å²) in [5.41, 5.74) is 1.00. The highest BCUT2D eigenvalue weighted by atomic mass is 16.1. The second-order valence-electron chi connectivity index (χ2n) is 4.45. The third-order valence-electron chi connectivity index (χ3n) is 2.55. The van der Waals surface area contributed by atoms with Gasteiger partial charge < -0.3 is 4.79 Å². The SMILES string of the molecule is Cc1cn(C(C)(C)C=O)nc1-c1ncccn1. The van der Waals surface area contributed by atoms with Gasteiger partial charge in [0.1, 0.15) is 17.5 Å². The molecule has 0 aliphatic carbocycles. The molecule has 0 bridgehead atoms. The quantitative estimate of drug-likeness (QED) is 0.751. The number of carbonyl (C=O) groups is 1. The average molecular weight is 230 g/mol. The molecule has 88 valence electrons. The zero-order valence-electron chi connectivity index (χ0n) is 10.1. The van der Waals surface area contributed by atoms with Crippen LogP contribution in [0.15, 0.2) is 24.7 Å². The number of aryl methyl sites for hydroxylation is 1. The fraction of sp³-hybridized carbons (Fsp3) is 0.333. The first kappa shape index (κ1) is 11.4. The summed E-state index contributed by atoms with van der Waals surface area (Å²) in [7, 11) is 0. The summed E-state index contributed by atoms with van der Waals surface area (Å²) in [6, 6.07) is 1.76. The molecule has 0 amide bonds. The van der Waals surface area contributed by atoms with Gasteiger partial charge in [-0.1, -0.05) is 0 Å². The Morgan fingerprint density at radius 1 is 1.29 bits per heavy atom. The third kappa shape index (κ3) is 2.08. The summed E-state index contributed by atoms with van der Waals surface area (Å²) in [6.07, 6.45) is 6.05. The number of hydrogen-bond donors (Lipinski definition) is 0. The van der Waals surface area contributed by atoms with Gasteiger partial charge in [0.25, 0.3) is 0 Å². The molecule has 0 aliphatic rings. The van der Waals surface area contributed by atoms with Crippen molar-refractivity contribution in [2.45, 2.75) is 26.3 Å². The Morgan fingerprint density at radius 3 is 2.53 bits per heavy atom. The van der Waals surface area contributed by atoms with Crippen molar-refractivity contribution in [1.29, 1.82) is 0 Å².